The number of nitrogens with zero attached hydrogens (tertiary/aromatic N) is 5. The molecule has 374 valence electrons. The fourth-order valence-electron chi connectivity index (χ4n) is 5.91. The van der Waals surface area contributed by atoms with Crippen molar-refractivity contribution in [1.29, 1.82) is 0 Å². The number of phenols is 1. The van der Waals surface area contributed by atoms with Gasteiger partial charge in [-0.3, -0.25) is 23.2 Å². The largest absolute Gasteiger partial charge is 0.505 e. The van der Waals surface area contributed by atoms with Gasteiger partial charge >= 0.3 is 20.8 Å². The molecule has 0 saturated carbocycles. The smallest absolute Gasteiger partial charge is 0.397 e. The quantitative estimate of drug-likeness (QED) is 0.0400. The zero-order chi connectivity index (χ0) is 51.5. The van der Waals surface area contributed by atoms with Crippen LogP contribution in [0.3, 0.4) is 0 Å². The maximum Gasteiger partial charge on any atom is 0.397 e. The Bertz CT molecular complexity index is 3820. The first-order valence-electron chi connectivity index (χ1n) is 18.8. The van der Waals surface area contributed by atoms with Crippen LogP contribution in [0, 0.1) is 0 Å². The molecule has 0 saturated heterocycles. The van der Waals surface area contributed by atoms with Crippen LogP contribution in [0.1, 0.15) is 0 Å². The third kappa shape index (κ3) is 14.0. The van der Waals surface area contributed by atoms with Crippen molar-refractivity contribution in [3.05, 3.63) is 96.6 Å². The molecule has 0 aliphatic carbocycles. The fourth-order valence-corrected chi connectivity index (χ4v) is 10.2. The summed E-state index contributed by atoms with van der Waals surface area (Å²) < 4.78 is 195. The molecule has 6 rings (SSSR count). The number of phenolic OH excluding ortho intramolecular Hbond substituents is 1. The van der Waals surface area contributed by atoms with Crippen molar-refractivity contribution in [2.24, 2.45) is 15.2 Å². The molecule has 70 heavy (non-hydrogen) atoms. The molecule has 0 spiro atoms. The Morgan fingerprint density at radius 1 is 0.629 bits per heavy atom. The number of fused-ring (bicyclic) bond motifs is 1. The van der Waals surface area contributed by atoms with E-state index >= 15 is 0 Å². The van der Waals surface area contributed by atoms with Gasteiger partial charge in [-0.25, -0.2) is 30.2 Å². The second-order valence-electron chi connectivity index (χ2n) is 13.9. The molecule has 0 bridgehead atoms. The summed E-state index contributed by atoms with van der Waals surface area (Å²) >= 11 is 0. The highest BCUT2D eigenvalue weighted by molar-refractivity contribution is 7.91. The average Bonchev–Trinajstić information content (AvgIpc) is 3.24. The first-order chi connectivity index (χ1) is 32.5. The van der Waals surface area contributed by atoms with Gasteiger partial charge in [-0.1, -0.05) is 6.07 Å². The van der Waals surface area contributed by atoms with E-state index in [0.717, 1.165) is 36.4 Å². The van der Waals surface area contributed by atoms with Gasteiger partial charge in [0.2, 0.25) is 17.5 Å². The summed E-state index contributed by atoms with van der Waals surface area (Å²) in [5.74, 6) is -2.96. The van der Waals surface area contributed by atoms with Gasteiger partial charge in [-0.2, -0.15) is 43.6 Å². The summed E-state index contributed by atoms with van der Waals surface area (Å²) in [5.41, 5.74) is -1.36. The number of aromatic amines is 1. The first kappa shape index (κ1) is 52.8. The monoisotopic (exact) mass is 1090 g/mol. The number of azo groups is 1. The Labute approximate surface area is 397 Å². The summed E-state index contributed by atoms with van der Waals surface area (Å²) in [6.07, 6.45) is 0. The number of benzene rings is 5. The van der Waals surface area contributed by atoms with Crippen molar-refractivity contribution in [2.45, 2.75) is 19.6 Å². The average molecular weight is 1090 g/mol. The van der Waals surface area contributed by atoms with Gasteiger partial charge in [0, 0.05) is 22.8 Å². The minimum absolute atomic E-state index is 0.000981. The highest BCUT2D eigenvalue weighted by atomic mass is 32.3. The highest BCUT2D eigenvalue weighted by Gasteiger charge is 2.24. The predicted molar refractivity (Wildman–Crippen MR) is 243 cm³/mol. The molecule has 0 aliphatic heterocycles. The van der Waals surface area contributed by atoms with Crippen molar-refractivity contribution >= 4 is 112 Å². The molecule has 6 aromatic rings. The van der Waals surface area contributed by atoms with Gasteiger partial charge in [0.15, 0.2) is 25.4 Å². The van der Waals surface area contributed by atoms with E-state index in [1.54, 1.807) is 0 Å². The molecule has 0 radical (unpaired) electrons. The van der Waals surface area contributed by atoms with Crippen LogP contribution in [0.15, 0.2) is 126 Å². The molecule has 0 amide bonds. The second kappa shape index (κ2) is 20.4. The topological polar surface area (TPSA) is 436 Å². The molecular weight excluding hydrogens is 1060 g/mol. The van der Waals surface area contributed by atoms with Crippen LogP contribution < -0.4 is 21.0 Å². The van der Waals surface area contributed by atoms with Crippen LogP contribution >= 0.6 is 0 Å². The molecule has 28 nitrogen and oxygen atoms in total. The van der Waals surface area contributed by atoms with E-state index in [2.05, 4.69) is 49.2 Å². The molecule has 5 aromatic carbocycles. The number of ether oxygens (including phenoxy) is 1. The molecule has 0 aliphatic rings. The number of nitrogens with one attached hydrogen (secondary N) is 3. The van der Waals surface area contributed by atoms with Gasteiger partial charge in [0.1, 0.15) is 26.9 Å². The Kier molecular flexibility index (Phi) is 15.4. The number of aromatic nitrogens is 3. The minimum Gasteiger partial charge on any atom is -0.505 e. The van der Waals surface area contributed by atoms with Crippen molar-refractivity contribution in [3.63, 3.8) is 0 Å². The number of hydrogen-bond acceptors (Lipinski definition) is 23. The summed E-state index contributed by atoms with van der Waals surface area (Å²) in [6.45, 7) is -1.79. The van der Waals surface area contributed by atoms with E-state index in [-0.39, 0.29) is 60.9 Å². The van der Waals surface area contributed by atoms with Gasteiger partial charge in [0.25, 0.3) is 20.2 Å². The van der Waals surface area contributed by atoms with Gasteiger partial charge in [0.05, 0.1) is 47.3 Å². The van der Waals surface area contributed by atoms with Crippen LogP contribution in [0.25, 0.3) is 10.8 Å². The maximum absolute atomic E-state index is 12.9. The molecule has 1 aromatic heterocycles. The van der Waals surface area contributed by atoms with Crippen molar-refractivity contribution < 1.29 is 86.9 Å². The summed E-state index contributed by atoms with van der Waals surface area (Å²) in [7, 11) is -27.1. The molecule has 0 fully saturated rings. The normalized spacial score (nSPS) is 13.2. The van der Waals surface area contributed by atoms with Crippen molar-refractivity contribution in [3.8, 4) is 11.5 Å². The summed E-state index contributed by atoms with van der Waals surface area (Å²) in [4.78, 5) is 13.3. The zero-order valence-corrected chi connectivity index (χ0v) is 39.9. The SMILES string of the molecule is COc1ccc(N=Nc2c(S(=O)(=O)O)cc3cc(Nc4nc(Nc5ccc(S(=O)(=O)CCOS(=O)(=O)O)cc5)nc(=Nc5cccc(S(=O)(=O)CCOS(=O)(=O)O)c5)[nH]4)ccc3c2O)c(S(=O)(=O)O)c1. The van der Waals surface area contributed by atoms with Crippen molar-refractivity contribution in [1.82, 2.24) is 15.0 Å². The zero-order valence-electron chi connectivity index (χ0n) is 35.0. The van der Waals surface area contributed by atoms with Gasteiger partial charge in [-0.15, -0.1) is 10.2 Å². The Balaban J connectivity index is 1.39. The standard InChI is InChI=1S/C36H34N8O20S6/c1-62-25-8-12-29(30(20-25)67(50,51)52)43-44-32-31(68(53,54)55)18-21-17-24(7-11-28(21)33(32)45)39-36-41-34(37-22-5-9-26(10-6-22)65(46,47)15-13-63-69(56,57)58)40-35(42-36)38-23-3-2-4-27(19-23)66(48,49)16-14-64-70(59,60)61/h2-12,17-20,45H,13-16H2,1H3,(H,50,51,52)(H,53,54,55)(H,56,57,58)(H,59,60,61)(H3,37,38,39,40,41,42). The minimum atomic E-state index is -5.20. The van der Waals surface area contributed by atoms with E-state index in [4.69, 9.17) is 13.8 Å². The van der Waals surface area contributed by atoms with E-state index in [1.807, 2.05) is 0 Å². The summed E-state index contributed by atoms with van der Waals surface area (Å²) in [6, 6.07) is 17.8. The Morgan fingerprint density at radius 3 is 1.84 bits per heavy atom. The van der Waals surface area contributed by atoms with E-state index in [0.29, 0.717) is 0 Å². The third-order valence-electron chi connectivity index (χ3n) is 9.00. The second-order valence-corrected chi connectivity index (χ2v) is 23.0. The van der Waals surface area contributed by atoms with E-state index in [9.17, 15) is 64.7 Å². The van der Waals surface area contributed by atoms with Crippen LogP contribution in [0.5, 0.6) is 11.5 Å². The Hall–Kier alpha value is -6.57. The number of sulfone groups is 2. The molecule has 0 unspecified atom stereocenters. The Morgan fingerprint density at radius 2 is 1.24 bits per heavy atom. The first-order valence-corrected chi connectivity index (χ1v) is 27.7. The lowest BCUT2D eigenvalue weighted by atomic mass is 10.1. The fraction of sp³-hybridized carbons (Fsp3) is 0.139. The molecule has 8 N–H and O–H groups in total. The molecular formula is C36H34N8O20S6. The van der Waals surface area contributed by atoms with Crippen LogP contribution in [0.4, 0.5) is 40.3 Å². The van der Waals surface area contributed by atoms with Gasteiger partial charge in [-0.05, 0) is 84.2 Å². The van der Waals surface area contributed by atoms with Crippen LogP contribution in [-0.4, -0.2) is 121 Å². The number of aromatic hydroxyl groups is 1. The van der Waals surface area contributed by atoms with Crippen molar-refractivity contribution in [2.75, 3.05) is 42.5 Å². The van der Waals surface area contributed by atoms with Gasteiger partial charge < -0.3 is 20.5 Å². The molecule has 1 heterocycles. The lowest BCUT2D eigenvalue weighted by Crippen LogP contribution is -2.18. The molecule has 0 atom stereocenters. The van der Waals surface area contributed by atoms with E-state index < -0.39 is 112 Å². The van der Waals surface area contributed by atoms with Crippen LogP contribution in [-0.2, 0) is 69.1 Å². The number of anilines is 4. The molecule has 34 heteroatoms. The third-order valence-corrected chi connectivity index (χ3v) is 15.1. The van der Waals surface area contributed by atoms with Crippen LogP contribution in [0.2, 0.25) is 0 Å². The highest BCUT2D eigenvalue weighted by Crippen LogP contribution is 2.43. The number of methoxy groups -OCH3 is 1. The lowest BCUT2D eigenvalue weighted by molar-refractivity contribution is 0.282. The summed E-state index contributed by atoms with van der Waals surface area (Å²) in [5, 5.41) is 24.3. The predicted octanol–water partition coefficient (Wildman–Crippen LogP) is 3.49. The number of hydrogen-bond donors (Lipinski definition) is 8. The van der Waals surface area contributed by atoms with E-state index in [1.165, 1.54) is 61.7 Å². The maximum atomic E-state index is 12.9. The number of rotatable bonds is 20. The lowest BCUT2D eigenvalue weighted by Gasteiger charge is -2.12. The number of H-pyrrole nitrogens is 1.